The van der Waals surface area contributed by atoms with Gasteiger partial charge in [0.05, 0.1) is 19.3 Å². The average molecular weight is 345 g/mol. The summed E-state index contributed by atoms with van der Waals surface area (Å²) >= 11 is 0. The Balaban J connectivity index is 1.54. The van der Waals surface area contributed by atoms with Crippen LogP contribution in [0.3, 0.4) is 0 Å². The van der Waals surface area contributed by atoms with Gasteiger partial charge in [-0.2, -0.15) is 5.10 Å². The van der Waals surface area contributed by atoms with Gasteiger partial charge in [-0.3, -0.25) is 9.69 Å². The molecule has 2 aliphatic heterocycles. The number of hydrogen-bond donors (Lipinski definition) is 0. The highest BCUT2D eigenvalue weighted by Gasteiger charge is 2.40. The number of ether oxygens (including phenoxy) is 1. The predicted octanol–water partition coefficient (Wildman–Crippen LogP) is 0.874. The summed E-state index contributed by atoms with van der Waals surface area (Å²) in [5, 5.41) is 4.12. The van der Waals surface area contributed by atoms with E-state index in [4.69, 9.17) is 4.74 Å². The molecule has 1 amide bonds. The zero-order chi connectivity index (χ0) is 17.2. The molecule has 0 spiro atoms. The second-order valence-electron chi connectivity index (χ2n) is 6.34. The fraction of sp³-hybridized carbons (Fsp3) is 0.471. The van der Waals surface area contributed by atoms with Crippen LogP contribution in [-0.4, -0.2) is 69.9 Å². The molecule has 1 aromatic heterocycles. The third-order valence-electron chi connectivity index (χ3n) is 4.83. The number of aromatic nitrogens is 3. The molecule has 2 aromatic rings. The van der Waals surface area contributed by atoms with Gasteiger partial charge in [-0.1, -0.05) is 18.2 Å². The molecule has 2 aliphatic rings. The lowest BCUT2D eigenvalue weighted by Gasteiger charge is -2.43. The molecule has 25 heavy (non-hydrogen) atoms. The lowest BCUT2D eigenvalue weighted by Crippen LogP contribution is -2.55. The van der Waals surface area contributed by atoms with Crippen LogP contribution >= 0.6 is 0 Å². The SMILES string of the molecule is O=C(C(c1ccccc1F)N1CCOCC1)N1CC(n2cncn2)C1. The molecule has 1 atom stereocenters. The monoisotopic (exact) mass is 345 g/mol. The van der Waals surface area contributed by atoms with E-state index in [-0.39, 0.29) is 17.8 Å². The largest absolute Gasteiger partial charge is 0.379 e. The predicted molar refractivity (Wildman–Crippen MR) is 87.2 cm³/mol. The Labute approximate surface area is 145 Å². The fourth-order valence-corrected chi connectivity index (χ4v) is 3.40. The molecule has 1 unspecified atom stereocenters. The standard InChI is InChI=1S/C17H20FN5O2/c18-15-4-2-1-3-14(15)16(21-5-7-25-8-6-21)17(24)22-9-13(10-22)23-12-19-11-20-23/h1-4,11-13,16H,5-10H2. The van der Waals surface area contributed by atoms with E-state index in [2.05, 4.69) is 10.1 Å². The lowest BCUT2D eigenvalue weighted by atomic mass is 9.99. The first-order valence-corrected chi connectivity index (χ1v) is 8.43. The molecule has 3 heterocycles. The summed E-state index contributed by atoms with van der Waals surface area (Å²) in [7, 11) is 0. The Kier molecular flexibility index (Phi) is 4.46. The molecule has 0 saturated carbocycles. The summed E-state index contributed by atoms with van der Waals surface area (Å²) in [6.07, 6.45) is 3.14. The highest BCUT2D eigenvalue weighted by molar-refractivity contribution is 5.84. The van der Waals surface area contributed by atoms with Crippen molar-refractivity contribution in [1.29, 1.82) is 0 Å². The van der Waals surface area contributed by atoms with Crippen molar-refractivity contribution < 1.29 is 13.9 Å². The number of likely N-dealkylation sites (tertiary alicyclic amines) is 1. The van der Waals surface area contributed by atoms with Crippen molar-refractivity contribution in [3.05, 3.63) is 48.3 Å². The highest BCUT2D eigenvalue weighted by atomic mass is 19.1. The van der Waals surface area contributed by atoms with Crippen molar-refractivity contribution in [1.82, 2.24) is 24.6 Å². The normalized spacial score (nSPS) is 20.3. The molecular weight excluding hydrogens is 325 g/mol. The molecule has 1 aromatic carbocycles. The van der Waals surface area contributed by atoms with E-state index < -0.39 is 6.04 Å². The van der Waals surface area contributed by atoms with Gasteiger partial charge in [-0.15, -0.1) is 0 Å². The summed E-state index contributed by atoms with van der Waals surface area (Å²) in [5.74, 6) is -0.413. The van der Waals surface area contributed by atoms with Gasteiger partial charge in [0.1, 0.15) is 24.5 Å². The quantitative estimate of drug-likeness (QED) is 0.823. The summed E-state index contributed by atoms with van der Waals surface area (Å²) in [4.78, 5) is 20.8. The maximum atomic E-state index is 14.4. The van der Waals surface area contributed by atoms with E-state index in [1.165, 1.54) is 12.4 Å². The zero-order valence-electron chi connectivity index (χ0n) is 13.8. The van der Waals surface area contributed by atoms with E-state index in [1.54, 1.807) is 34.1 Å². The third kappa shape index (κ3) is 3.14. The van der Waals surface area contributed by atoms with Crippen LogP contribution in [0.25, 0.3) is 0 Å². The van der Waals surface area contributed by atoms with Crippen LogP contribution in [0.2, 0.25) is 0 Å². The number of carbonyl (C=O) groups is 1. The summed E-state index contributed by atoms with van der Waals surface area (Å²) < 4.78 is 21.5. The number of hydrogen-bond acceptors (Lipinski definition) is 5. The minimum atomic E-state index is -0.609. The fourth-order valence-electron chi connectivity index (χ4n) is 3.40. The van der Waals surface area contributed by atoms with Crippen LogP contribution in [0.1, 0.15) is 17.6 Å². The van der Waals surface area contributed by atoms with Crippen LogP contribution < -0.4 is 0 Å². The number of carbonyl (C=O) groups excluding carboxylic acids is 1. The second-order valence-corrected chi connectivity index (χ2v) is 6.34. The van der Waals surface area contributed by atoms with Gasteiger partial charge in [0, 0.05) is 31.7 Å². The van der Waals surface area contributed by atoms with Gasteiger partial charge in [0.2, 0.25) is 5.91 Å². The van der Waals surface area contributed by atoms with Crippen molar-refractivity contribution in [2.75, 3.05) is 39.4 Å². The minimum Gasteiger partial charge on any atom is -0.379 e. The first-order valence-electron chi connectivity index (χ1n) is 8.43. The van der Waals surface area contributed by atoms with Crippen LogP contribution in [0.4, 0.5) is 4.39 Å². The highest BCUT2D eigenvalue weighted by Crippen LogP contribution is 2.30. The van der Waals surface area contributed by atoms with Crippen molar-refractivity contribution in [2.45, 2.75) is 12.1 Å². The van der Waals surface area contributed by atoms with Crippen molar-refractivity contribution in [2.24, 2.45) is 0 Å². The molecule has 2 fully saturated rings. The van der Waals surface area contributed by atoms with Crippen LogP contribution in [0.5, 0.6) is 0 Å². The Morgan fingerprint density at radius 2 is 2.00 bits per heavy atom. The average Bonchev–Trinajstić information content (AvgIpc) is 3.11. The Morgan fingerprint density at radius 1 is 1.24 bits per heavy atom. The number of rotatable bonds is 4. The van der Waals surface area contributed by atoms with Crippen molar-refractivity contribution in [3.8, 4) is 0 Å². The number of benzene rings is 1. The van der Waals surface area contributed by atoms with Crippen LogP contribution in [0, 0.1) is 5.82 Å². The maximum absolute atomic E-state index is 14.4. The van der Waals surface area contributed by atoms with Gasteiger partial charge in [-0.05, 0) is 6.07 Å². The van der Waals surface area contributed by atoms with E-state index in [0.717, 1.165) is 0 Å². The summed E-state index contributed by atoms with van der Waals surface area (Å²) in [6, 6.07) is 6.04. The number of halogens is 1. The van der Waals surface area contributed by atoms with Gasteiger partial charge >= 0.3 is 0 Å². The van der Waals surface area contributed by atoms with Gasteiger partial charge in [0.25, 0.3) is 0 Å². The molecule has 0 bridgehead atoms. The Hall–Kier alpha value is -2.32. The molecule has 7 nitrogen and oxygen atoms in total. The number of nitrogens with zero attached hydrogens (tertiary/aromatic N) is 5. The molecule has 0 radical (unpaired) electrons. The molecule has 2 saturated heterocycles. The first kappa shape index (κ1) is 16.2. The number of amides is 1. The van der Waals surface area contributed by atoms with E-state index in [1.807, 2.05) is 4.90 Å². The Morgan fingerprint density at radius 3 is 2.68 bits per heavy atom. The molecule has 0 aliphatic carbocycles. The smallest absolute Gasteiger partial charge is 0.244 e. The van der Waals surface area contributed by atoms with Crippen molar-refractivity contribution >= 4 is 5.91 Å². The summed E-state index contributed by atoms with van der Waals surface area (Å²) in [5.41, 5.74) is 0.429. The van der Waals surface area contributed by atoms with E-state index >= 15 is 0 Å². The van der Waals surface area contributed by atoms with Crippen molar-refractivity contribution in [3.63, 3.8) is 0 Å². The van der Waals surface area contributed by atoms with Gasteiger partial charge < -0.3 is 9.64 Å². The van der Waals surface area contributed by atoms with Crippen LogP contribution in [0.15, 0.2) is 36.9 Å². The third-order valence-corrected chi connectivity index (χ3v) is 4.83. The zero-order valence-corrected chi connectivity index (χ0v) is 13.8. The van der Waals surface area contributed by atoms with Gasteiger partial charge in [-0.25, -0.2) is 14.1 Å². The molecule has 8 heteroatoms. The van der Waals surface area contributed by atoms with Gasteiger partial charge in [0.15, 0.2) is 0 Å². The van der Waals surface area contributed by atoms with Crippen LogP contribution in [-0.2, 0) is 9.53 Å². The van der Waals surface area contributed by atoms with E-state index in [0.29, 0.717) is 45.0 Å². The summed E-state index contributed by atoms with van der Waals surface area (Å²) in [6.45, 7) is 3.48. The number of morpholine rings is 1. The van der Waals surface area contributed by atoms with E-state index in [9.17, 15) is 9.18 Å². The maximum Gasteiger partial charge on any atom is 0.244 e. The Bertz CT molecular complexity index is 726. The molecule has 0 N–H and O–H groups in total. The second kappa shape index (κ2) is 6.89. The minimum absolute atomic E-state index is 0.0663. The molecular formula is C17H20FN5O2. The first-order chi connectivity index (χ1) is 12.2. The molecule has 132 valence electrons. The topological polar surface area (TPSA) is 63.5 Å². The lowest BCUT2D eigenvalue weighted by molar-refractivity contribution is -0.145. The molecule has 4 rings (SSSR count).